The van der Waals surface area contributed by atoms with Gasteiger partial charge in [0.1, 0.15) is 0 Å². The number of carbonyl (C=O) groups excluding carboxylic acids is 1. The molecule has 2 N–H and O–H groups in total. The van der Waals surface area contributed by atoms with Crippen molar-refractivity contribution in [2.75, 3.05) is 32.0 Å². The fourth-order valence-corrected chi connectivity index (χ4v) is 2.03. The molecule has 2 rings (SSSR count). The van der Waals surface area contributed by atoms with Crippen LogP contribution in [0.15, 0.2) is 18.2 Å². The van der Waals surface area contributed by atoms with Crippen molar-refractivity contribution in [3.05, 3.63) is 28.8 Å². The Morgan fingerprint density at radius 1 is 1.35 bits per heavy atom. The standard InChI is InChI=1S/C12H15ClN2O2/c13-9-2-3-10(11(14)8-9)12(16)15-4-1-6-17-7-5-15/h2-3,8H,1,4-7,14H2. The van der Waals surface area contributed by atoms with Gasteiger partial charge in [0.2, 0.25) is 0 Å². The van der Waals surface area contributed by atoms with Crippen LogP contribution in [0.4, 0.5) is 5.69 Å². The molecule has 1 heterocycles. The molecule has 0 unspecified atom stereocenters. The smallest absolute Gasteiger partial charge is 0.256 e. The molecule has 0 saturated carbocycles. The summed E-state index contributed by atoms with van der Waals surface area (Å²) in [6.45, 7) is 2.61. The number of rotatable bonds is 1. The highest BCUT2D eigenvalue weighted by Crippen LogP contribution is 2.20. The molecule has 0 atom stereocenters. The molecule has 0 aromatic heterocycles. The first-order valence-electron chi connectivity index (χ1n) is 5.60. The largest absolute Gasteiger partial charge is 0.398 e. The van der Waals surface area contributed by atoms with Crippen molar-refractivity contribution in [3.63, 3.8) is 0 Å². The fourth-order valence-electron chi connectivity index (χ4n) is 1.85. The molecule has 1 saturated heterocycles. The maximum atomic E-state index is 12.2. The Bertz CT molecular complexity index is 415. The van der Waals surface area contributed by atoms with Crippen LogP contribution in [0.1, 0.15) is 16.8 Å². The zero-order valence-electron chi connectivity index (χ0n) is 9.49. The summed E-state index contributed by atoms with van der Waals surface area (Å²) < 4.78 is 5.31. The molecular weight excluding hydrogens is 240 g/mol. The second-order valence-corrected chi connectivity index (χ2v) is 4.43. The summed E-state index contributed by atoms with van der Waals surface area (Å²) in [6, 6.07) is 4.95. The molecule has 1 aromatic carbocycles. The second-order valence-electron chi connectivity index (χ2n) is 3.99. The van der Waals surface area contributed by atoms with E-state index in [1.165, 1.54) is 0 Å². The summed E-state index contributed by atoms with van der Waals surface area (Å²) in [5.74, 6) is -0.0512. The van der Waals surface area contributed by atoms with E-state index < -0.39 is 0 Å². The Kier molecular flexibility index (Phi) is 3.86. The van der Waals surface area contributed by atoms with Crippen molar-refractivity contribution in [2.45, 2.75) is 6.42 Å². The monoisotopic (exact) mass is 254 g/mol. The zero-order valence-corrected chi connectivity index (χ0v) is 10.2. The van der Waals surface area contributed by atoms with Gasteiger partial charge in [0.05, 0.1) is 12.2 Å². The number of benzene rings is 1. The van der Waals surface area contributed by atoms with Crippen LogP contribution in [0.2, 0.25) is 5.02 Å². The topological polar surface area (TPSA) is 55.6 Å². The van der Waals surface area contributed by atoms with Crippen molar-refractivity contribution in [2.24, 2.45) is 0 Å². The first-order chi connectivity index (χ1) is 8.18. The van der Waals surface area contributed by atoms with Gasteiger partial charge in [-0.2, -0.15) is 0 Å². The lowest BCUT2D eigenvalue weighted by Gasteiger charge is -2.20. The minimum Gasteiger partial charge on any atom is -0.398 e. The van der Waals surface area contributed by atoms with Crippen LogP contribution in [-0.4, -0.2) is 37.1 Å². The van der Waals surface area contributed by atoms with Gasteiger partial charge < -0.3 is 15.4 Å². The van der Waals surface area contributed by atoms with E-state index in [1.54, 1.807) is 23.1 Å². The summed E-state index contributed by atoms with van der Waals surface area (Å²) in [4.78, 5) is 14.0. The Labute approximate surface area is 105 Å². The van der Waals surface area contributed by atoms with Gasteiger partial charge in [-0.3, -0.25) is 4.79 Å². The van der Waals surface area contributed by atoms with Gasteiger partial charge in [-0.25, -0.2) is 0 Å². The SMILES string of the molecule is Nc1cc(Cl)ccc1C(=O)N1CCCOCC1. The third-order valence-corrected chi connectivity index (χ3v) is 2.99. The predicted octanol–water partition coefficient (Wildman–Crippen LogP) is 1.78. The van der Waals surface area contributed by atoms with E-state index in [1.807, 2.05) is 0 Å². The third-order valence-electron chi connectivity index (χ3n) is 2.75. The maximum absolute atomic E-state index is 12.2. The van der Waals surface area contributed by atoms with Gasteiger partial charge >= 0.3 is 0 Å². The normalized spacial score (nSPS) is 16.6. The minimum absolute atomic E-state index is 0.0512. The van der Waals surface area contributed by atoms with E-state index in [0.29, 0.717) is 42.6 Å². The lowest BCUT2D eigenvalue weighted by Crippen LogP contribution is -2.33. The molecular formula is C12H15ClN2O2. The molecule has 0 spiro atoms. The molecule has 5 heteroatoms. The molecule has 1 aliphatic heterocycles. The van der Waals surface area contributed by atoms with Crippen LogP contribution >= 0.6 is 11.6 Å². The highest BCUT2D eigenvalue weighted by atomic mass is 35.5. The average molecular weight is 255 g/mol. The first kappa shape index (κ1) is 12.2. The number of ether oxygens (including phenoxy) is 1. The highest BCUT2D eigenvalue weighted by molar-refractivity contribution is 6.31. The molecule has 1 aromatic rings. The number of nitrogens with zero attached hydrogens (tertiary/aromatic N) is 1. The van der Waals surface area contributed by atoms with Crippen molar-refractivity contribution >= 4 is 23.2 Å². The van der Waals surface area contributed by atoms with Gasteiger partial charge in [0, 0.05) is 30.4 Å². The van der Waals surface area contributed by atoms with E-state index in [0.717, 1.165) is 6.42 Å². The van der Waals surface area contributed by atoms with Crippen LogP contribution in [0.5, 0.6) is 0 Å². The van der Waals surface area contributed by atoms with Gasteiger partial charge in [0.15, 0.2) is 0 Å². The fraction of sp³-hybridized carbons (Fsp3) is 0.417. The summed E-state index contributed by atoms with van der Waals surface area (Å²) in [6.07, 6.45) is 0.860. The van der Waals surface area contributed by atoms with Gasteiger partial charge in [-0.15, -0.1) is 0 Å². The van der Waals surface area contributed by atoms with Crippen molar-refractivity contribution in [3.8, 4) is 0 Å². The van der Waals surface area contributed by atoms with Crippen LogP contribution in [0.25, 0.3) is 0 Å². The molecule has 1 aliphatic rings. The zero-order chi connectivity index (χ0) is 12.3. The number of hydrogen-bond acceptors (Lipinski definition) is 3. The Morgan fingerprint density at radius 2 is 2.18 bits per heavy atom. The number of amides is 1. The summed E-state index contributed by atoms with van der Waals surface area (Å²) in [7, 11) is 0. The quantitative estimate of drug-likeness (QED) is 0.778. The lowest BCUT2D eigenvalue weighted by atomic mass is 10.1. The van der Waals surface area contributed by atoms with E-state index in [-0.39, 0.29) is 5.91 Å². The molecule has 0 bridgehead atoms. The van der Waals surface area contributed by atoms with Crippen molar-refractivity contribution in [1.82, 2.24) is 4.90 Å². The molecule has 0 aliphatic carbocycles. The third kappa shape index (κ3) is 2.90. The van der Waals surface area contributed by atoms with Crippen LogP contribution in [-0.2, 0) is 4.74 Å². The van der Waals surface area contributed by atoms with Crippen LogP contribution in [0, 0.1) is 0 Å². The molecule has 92 valence electrons. The number of nitrogens with two attached hydrogens (primary N) is 1. The first-order valence-corrected chi connectivity index (χ1v) is 5.98. The number of anilines is 1. The second kappa shape index (κ2) is 5.38. The molecule has 4 nitrogen and oxygen atoms in total. The van der Waals surface area contributed by atoms with Crippen molar-refractivity contribution in [1.29, 1.82) is 0 Å². The van der Waals surface area contributed by atoms with Crippen molar-refractivity contribution < 1.29 is 9.53 Å². The number of halogens is 1. The highest BCUT2D eigenvalue weighted by Gasteiger charge is 2.19. The predicted molar refractivity (Wildman–Crippen MR) is 67.2 cm³/mol. The minimum atomic E-state index is -0.0512. The summed E-state index contributed by atoms with van der Waals surface area (Å²) >= 11 is 5.81. The number of hydrogen-bond donors (Lipinski definition) is 1. The van der Waals surface area contributed by atoms with Gasteiger partial charge in [-0.1, -0.05) is 11.6 Å². The number of nitrogen functional groups attached to an aromatic ring is 1. The maximum Gasteiger partial charge on any atom is 0.256 e. The van der Waals surface area contributed by atoms with Gasteiger partial charge in [0.25, 0.3) is 5.91 Å². The van der Waals surface area contributed by atoms with Gasteiger partial charge in [-0.05, 0) is 24.6 Å². The Hall–Kier alpha value is -1.26. The van der Waals surface area contributed by atoms with Crippen LogP contribution < -0.4 is 5.73 Å². The molecule has 1 fully saturated rings. The van der Waals surface area contributed by atoms with Crippen LogP contribution in [0.3, 0.4) is 0 Å². The number of carbonyl (C=O) groups is 1. The van der Waals surface area contributed by atoms with E-state index in [4.69, 9.17) is 22.1 Å². The molecule has 0 radical (unpaired) electrons. The summed E-state index contributed by atoms with van der Waals surface area (Å²) in [5.41, 5.74) is 6.74. The van der Waals surface area contributed by atoms with E-state index in [2.05, 4.69) is 0 Å². The molecule has 1 amide bonds. The Morgan fingerprint density at radius 3 is 2.94 bits per heavy atom. The average Bonchev–Trinajstić information content (AvgIpc) is 2.56. The summed E-state index contributed by atoms with van der Waals surface area (Å²) in [5, 5.41) is 0.540. The Balaban J connectivity index is 2.17. The molecule has 17 heavy (non-hydrogen) atoms. The van der Waals surface area contributed by atoms with E-state index >= 15 is 0 Å². The lowest BCUT2D eigenvalue weighted by molar-refractivity contribution is 0.0742. The van der Waals surface area contributed by atoms with E-state index in [9.17, 15) is 4.79 Å².